The maximum Gasteiger partial charge on any atom is 0.324 e. The number of hydrogen-bond acceptors (Lipinski definition) is 4. The van der Waals surface area contributed by atoms with E-state index in [9.17, 15) is 13.2 Å². The Morgan fingerprint density at radius 3 is 2.43 bits per heavy atom. The fourth-order valence-corrected chi connectivity index (χ4v) is 2.44. The molecule has 0 saturated heterocycles. The maximum atomic E-state index is 11.1. The molecular weight excluding hydrogens is 208 g/mol. The number of nitrogens with zero attached hydrogens (tertiary/aromatic N) is 1. The lowest BCUT2D eigenvalue weighted by Gasteiger charge is -2.37. The van der Waals surface area contributed by atoms with Gasteiger partial charge in [0, 0.05) is 0 Å². The van der Waals surface area contributed by atoms with Crippen molar-refractivity contribution in [2.75, 3.05) is 5.75 Å². The molecule has 0 spiro atoms. The van der Waals surface area contributed by atoms with Gasteiger partial charge in [-0.3, -0.25) is 4.79 Å². The van der Waals surface area contributed by atoms with E-state index >= 15 is 0 Å². The second-order valence-electron chi connectivity index (χ2n) is 3.26. The highest BCUT2D eigenvalue weighted by Gasteiger charge is 2.47. The molecule has 0 radical (unpaired) electrons. The molecule has 0 unspecified atom stereocenters. The van der Waals surface area contributed by atoms with Gasteiger partial charge < -0.3 is 5.11 Å². The van der Waals surface area contributed by atoms with Crippen LogP contribution in [0.4, 0.5) is 0 Å². The monoisotopic (exact) mass is 218 g/mol. The quantitative estimate of drug-likeness (QED) is 0.657. The summed E-state index contributed by atoms with van der Waals surface area (Å²) < 4.78 is 24.3. The minimum atomic E-state index is -3.79. The van der Waals surface area contributed by atoms with Gasteiger partial charge in [-0.1, -0.05) is 0 Å². The zero-order chi connectivity index (χ0) is 10.8. The van der Waals surface area contributed by atoms with Gasteiger partial charge in [0.1, 0.15) is 5.54 Å². The fraction of sp³-hybridized carbons (Fsp3) is 0.714. The smallest absolute Gasteiger partial charge is 0.324 e. The van der Waals surface area contributed by atoms with Crippen LogP contribution in [0.5, 0.6) is 0 Å². The first-order valence-electron chi connectivity index (χ1n) is 4.04. The molecule has 0 heterocycles. The van der Waals surface area contributed by atoms with Crippen LogP contribution >= 0.6 is 0 Å². The minimum absolute atomic E-state index is 0.285. The van der Waals surface area contributed by atoms with Gasteiger partial charge in [0.05, 0.1) is 6.07 Å². The zero-order valence-corrected chi connectivity index (χ0v) is 8.17. The molecule has 1 fully saturated rings. The summed E-state index contributed by atoms with van der Waals surface area (Å²) in [5.74, 6) is -1.88. The van der Waals surface area contributed by atoms with E-state index in [0.29, 0.717) is 6.42 Å². The van der Waals surface area contributed by atoms with E-state index in [-0.39, 0.29) is 12.8 Å². The molecule has 0 amide bonds. The highest BCUT2D eigenvalue weighted by molar-refractivity contribution is 7.89. The molecule has 0 aromatic carbocycles. The molecule has 14 heavy (non-hydrogen) atoms. The van der Waals surface area contributed by atoms with Gasteiger partial charge in [0.2, 0.25) is 10.0 Å². The van der Waals surface area contributed by atoms with Crippen molar-refractivity contribution in [1.29, 1.82) is 5.26 Å². The Kier molecular flexibility index (Phi) is 2.78. The third-order valence-corrected chi connectivity index (χ3v) is 3.43. The van der Waals surface area contributed by atoms with Gasteiger partial charge in [-0.2, -0.15) is 9.98 Å². The average molecular weight is 218 g/mol. The largest absolute Gasteiger partial charge is 0.480 e. The van der Waals surface area contributed by atoms with E-state index < -0.39 is 27.3 Å². The maximum absolute atomic E-state index is 11.1. The Labute approximate surface area is 81.6 Å². The predicted octanol–water partition coefficient (Wildman–Crippen LogP) is -0.563. The number of nitriles is 1. The number of hydrogen-bond donors (Lipinski definition) is 2. The summed E-state index contributed by atoms with van der Waals surface area (Å²) in [5.41, 5.74) is -1.37. The second kappa shape index (κ2) is 3.55. The van der Waals surface area contributed by atoms with Crippen LogP contribution in [0.25, 0.3) is 0 Å². The first-order valence-corrected chi connectivity index (χ1v) is 5.69. The summed E-state index contributed by atoms with van der Waals surface area (Å²) in [4.78, 5) is 10.8. The normalized spacial score (nSPS) is 19.4. The Hall–Kier alpha value is -1.13. The summed E-state index contributed by atoms with van der Waals surface area (Å²) in [7, 11) is -3.79. The molecule has 0 aromatic heterocycles. The Balaban J connectivity index is 2.77. The SMILES string of the molecule is N#CCS(=O)(=O)NC1(C(=O)O)CCC1. The third-order valence-electron chi connectivity index (χ3n) is 2.22. The molecule has 7 heteroatoms. The molecule has 78 valence electrons. The van der Waals surface area contributed by atoms with Crippen molar-refractivity contribution in [3.05, 3.63) is 0 Å². The summed E-state index contributed by atoms with van der Waals surface area (Å²) in [5, 5.41) is 17.0. The Bertz CT molecular complexity index is 377. The topological polar surface area (TPSA) is 107 Å². The molecule has 1 aliphatic rings. The van der Waals surface area contributed by atoms with Crippen molar-refractivity contribution in [3.8, 4) is 6.07 Å². The summed E-state index contributed by atoms with van der Waals surface area (Å²) >= 11 is 0. The van der Waals surface area contributed by atoms with Gasteiger partial charge >= 0.3 is 5.97 Å². The van der Waals surface area contributed by atoms with Crippen LogP contribution < -0.4 is 4.72 Å². The second-order valence-corrected chi connectivity index (χ2v) is 4.98. The number of aliphatic carboxylic acids is 1. The highest BCUT2D eigenvalue weighted by Crippen LogP contribution is 2.32. The van der Waals surface area contributed by atoms with Crippen LogP contribution in [0.2, 0.25) is 0 Å². The minimum Gasteiger partial charge on any atom is -0.480 e. The number of rotatable bonds is 4. The lowest BCUT2D eigenvalue weighted by atomic mass is 9.78. The number of sulfonamides is 1. The van der Waals surface area contributed by atoms with Gasteiger partial charge in [-0.05, 0) is 19.3 Å². The van der Waals surface area contributed by atoms with E-state index in [1.165, 1.54) is 6.07 Å². The molecule has 0 aromatic rings. The first-order chi connectivity index (χ1) is 6.42. The predicted molar refractivity (Wildman–Crippen MR) is 46.8 cm³/mol. The van der Waals surface area contributed by atoms with Gasteiger partial charge in [-0.15, -0.1) is 0 Å². The van der Waals surface area contributed by atoms with E-state index in [1.54, 1.807) is 0 Å². The van der Waals surface area contributed by atoms with E-state index in [1.807, 2.05) is 0 Å². The summed E-state index contributed by atoms with van der Waals surface area (Å²) in [6.07, 6.45) is 1.25. The Morgan fingerprint density at radius 1 is 1.57 bits per heavy atom. The van der Waals surface area contributed by atoms with E-state index in [0.717, 1.165) is 0 Å². The average Bonchev–Trinajstić information content (AvgIpc) is 1.96. The van der Waals surface area contributed by atoms with Crippen molar-refractivity contribution in [2.45, 2.75) is 24.8 Å². The van der Waals surface area contributed by atoms with Crippen LogP contribution in [0.3, 0.4) is 0 Å². The van der Waals surface area contributed by atoms with Crippen LogP contribution in [0.1, 0.15) is 19.3 Å². The molecular formula is C7H10N2O4S. The number of carbonyl (C=O) groups is 1. The van der Waals surface area contributed by atoms with Gasteiger partial charge in [-0.25, -0.2) is 8.42 Å². The molecule has 1 aliphatic carbocycles. The zero-order valence-electron chi connectivity index (χ0n) is 7.36. The fourth-order valence-electron chi connectivity index (χ4n) is 1.31. The summed E-state index contributed by atoms with van der Waals surface area (Å²) in [6.45, 7) is 0. The van der Waals surface area contributed by atoms with Gasteiger partial charge in [0.25, 0.3) is 0 Å². The van der Waals surface area contributed by atoms with Crippen molar-refractivity contribution in [2.24, 2.45) is 0 Å². The van der Waals surface area contributed by atoms with Crippen LogP contribution in [-0.4, -0.2) is 30.8 Å². The van der Waals surface area contributed by atoms with Crippen LogP contribution in [0, 0.1) is 11.3 Å². The standard InChI is InChI=1S/C7H10N2O4S/c8-4-5-14(12,13)9-7(6(10)11)2-1-3-7/h9H,1-3,5H2,(H,10,11). The third kappa shape index (κ3) is 2.02. The lowest BCUT2D eigenvalue weighted by molar-refractivity contribution is -0.147. The molecule has 0 atom stereocenters. The van der Waals surface area contributed by atoms with E-state index in [4.69, 9.17) is 10.4 Å². The van der Waals surface area contributed by atoms with Gasteiger partial charge in [0.15, 0.2) is 5.75 Å². The first kappa shape index (κ1) is 10.9. The molecule has 6 nitrogen and oxygen atoms in total. The van der Waals surface area contributed by atoms with Crippen molar-refractivity contribution in [3.63, 3.8) is 0 Å². The number of carboxylic acid groups (broad SMARTS) is 1. The van der Waals surface area contributed by atoms with Crippen LogP contribution in [-0.2, 0) is 14.8 Å². The van der Waals surface area contributed by atoms with Crippen molar-refractivity contribution < 1.29 is 18.3 Å². The molecule has 2 N–H and O–H groups in total. The lowest BCUT2D eigenvalue weighted by Crippen LogP contribution is -2.59. The molecule has 0 bridgehead atoms. The van der Waals surface area contributed by atoms with Crippen molar-refractivity contribution >= 4 is 16.0 Å². The number of carboxylic acids is 1. The molecule has 1 saturated carbocycles. The summed E-state index contributed by atoms with van der Waals surface area (Å²) in [6, 6.07) is 1.47. The number of nitrogens with one attached hydrogen (secondary N) is 1. The van der Waals surface area contributed by atoms with Crippen molar-refractivity contribution in [1.82, 2.24) is 4.72 Å². The highest BCUT2D eigenvalue weighted by atomic mass is 32.2. The molecule has 0 aliphatic heterocycles. The van der Waals surface area contributed by atoms with E-state index in [2.05, 4.69) is 4.72 Å². The Morgan fingerprint density at radius 2 is 2.14 bits per heavy atom. The molecule has 1 rings (SSSR count). The van der Waals surface area contributed by atoms with Crippen LogP contribution in [0.15, 0.2) is 0 Å².